The lowest BCUT2D eigenvalue weighted by Crippen LogP contribution is -2.32. The van der Waals surface area contributed by atoms with Crippen LogP contribution in [-0.4, -0.2) is 35.6 Å². The van der Waals surface area contributed by atoms with Crippen molar-refractivity contribution in [3.8, 4) is 0 Å². The summed E-state index contributed by atoms with van der Waals surface area (Å²) in [6, 6.07) is 1.58. The van der Waals surface area contributed by atoms with E-state index in [9.17, 15) is 4.79 Å². The van der Waals surface area contributed by atoms with Crippen LogP contribution < -0.4 is 11.3 Å². The highest BCUT2D eigenvalue weighted by atomic mass is 16.3. The zero-order valence-corrected chi connectivity index (χ0v) is 9.98. The highest BCUT2D eigenvalue weighted by molar-refractivity contribution is 5.94. The number of nitrogens with one attached hydrogen (secondary N) is 1. The number of carbonyl (C=O) groups excluding carboxylic acids is 1. The van der Waals surface area contributed by atoms with Gasteiger partial charge >= 0.3 is 0 Å². The fourth-order valence-electron chi connectivity index (χ4n) is 1.67. The first-order valence-electron chi connectivity index (χ1n) is 5.63. The quantitative estimate of drug-likeness (QED) is 0.357. The van der Waals surface area contributed by atoms with Crippen molar-refractivity contribution >= 4 is 5.91 Å². The lowest BCUT2D eigenvalue weighted by molar-refractivity contribution is 0.0949. The predicted molar refractivity (Wildman–Crippen MR) is 63.0 cm³/mol. The second-order valence-corrected chi connectivity index (χ2v) is 3.73. The van der Waals surface area contributed by atoms with Gasteiger partial charge in [0.05, 0.1) is 25.0 Å². The van der Waals surface area contributed by atoms with Crippen LogP contribution in [0.2, 0.25) is 0 Å². The van der Waals surface area contributed by atoms with Gasteiger partial charge in [0.25, 0.3) is 5.91 Å². The van der Waals surface area contributed by atoms with Gasteiger partial charge in [0, 0.05) is 6.54 Å². The van der Waals surface area contributed by atoms with Gasteiger partial charge in [-0.2, -0.15) is 0 Å². The molecule has 0 saturated carbocycles. The van der Waals surface area contributed by atoms with Crippen molar-refractivity contribution in [2.45, 2.75) is 19.9 Å². The van der Waals surface area contributed by atoms with E-state index in [0.29, 0.717) is 24.4 Å². The zero-order chi connectivity index (χ0) is 12.7. The van der Waals surface area contributed by atoms with Crippen molar-refractivity contribution in [1.82, 2.24) is 10.3 Å². The summed E-state index contributed by atoms with van der Waals surface area (Å²) in [7, 11) is 0. The molecule has 0 saturated heterocycles. The first-order chi connectivity index (χ1) is 8.22. The molecule has 1 heterocycles. The highest BCUT2D eigenvalue weighted by Gasteiger charge is 2.16. The maximum absolute atomic E-state index is 11.4. The highest BCUT2D eigenvalue weighted by Crippen LogP contribution is 2.13. The Morgan fingerprint density at radius 3 is 2.94 bits per heavy atom. The van der Waals surface area contributed by atoms with Crippen LogP contribution in [0.1, 0.15) is 29.5 Å². The third kappa shape index (κ3) is 3.85. The fourth-order valence-corrected chi connectivity index (χ4v) is 1.67. The van der Waals surface area contributed by atoms with E-state index < -0.39 is 0 Å². The Morgan fingerprint density at radius 1 is 1.59 bits per heavy atom. The van der Waals surface area contributed by atoms with Gasteiger partial charge in [-0.25, -0.2) is 5.84 Å². The van der Waals surface area contributed by atoms with Crippen LogP contribution in [0.5, 0.6) is 0 Å². The minimum atomic E-state index is -0.366. The molecular weight excluding hydrogens is 222 g/mol. The van der Waals surface area contributed by atoms with Gasteiger partial charge in [0.15, 0.2) is 0 Å². The number of carbonyl (C=O) groups is 1. The fraction of sp³-hybridized carbons (Fsp3) is 0.545. The molecule has 0 fully saturated rings. The predicted octanol–water partition coefficient (Wildman–Crippen LogP) is 0.0874. The van der Waals surface area contributed by atoms with E-state index in [0.717, 1.165) is 13.0 Å². The number of nitrogen functional groups attached to an aromatic ring is 1. The normalized spacial score (nSPS) is 10.8. The van der Waals surface area contributed by atoms with Gasteiger partial charge < -0.3 is 9.52 Å². The van der Waals surface area contributed by atoms with Crippen LogP contribution in [0.3, 0.4) is 0 Å². The van der Waals surface area contributed by atoms with Crippen molar-refractivity contribution in [2.75, 3.05) is 19.7 Å². The third-order valence-corrected chi connectivity index (χ3v) is 2.44. The van der Waals surface area contributed by atoms with E-state index in [1.807, 2.05) is 4.90 Å². The van der Waals surface area contributed by atoms with Gasteiger partial charge in [-0.05, 0) is 19.0 Å². The summed E-state index contributed by atoms with van der Waals surface area (Å²) in [6.07, 6.45) is 2.43. The van der Waals surface area contributed by atoms with E-state index in [2.05, 4.69) is 12.3 Å². The van der Waals surface area contributed by atoms with Crippen LogP contribution in [0.15, 0.2) is 16.7 Å². The third-order valence-electron chi connectivity index (χ3n) is 2.44. The lowest BCUT2D eigenvalue weighted by Gasteiger charge is -2.19. The summed E-state index contributed by atoms with van der Waals surface area (Å²) >= 11 is 0. The number of nitrogens with two attached hydrogens (primary N) is 1. The number of hydrogen-bond donors (Lipinski definition) is 3. The average Bonchev–Trinajstić information content (AvgIpc) is 2.77. The number of hydrogen-bond acceptors (Lipinski definition) is 5. The molecule has 0 bridgehead atoms. The molecule has 1 amide bonds. The van der Waals surface area contributed by atoms with Crippen LogP contribution >= 0.6 is 0 Å². The van der Waals surface area contributed by atoms with Crippen molar-refractivity contribution in [3.63, 3.8) is 0 Å². The Bertz CT molecular complexity index is 345. The van der Waals surface area contributed by atoms with Crippen LogP contribution in [0.25, 0.3) is 0 Å². The molecule has 1 aromatic heterocycles. The number of nitrogens with zero attached hydrogens (tertiary/aromatic N) is 1. The molecule has 6 nitrogen and oxygen atoms in total. The van der Waals surface area contributed by atoms with Crippen LogP contribution in [0.4, 0.5) is 0 Å². The van der Waals surface area contributed by atoms with E-state index >= 15 is 0 Å². The van der Waals surface area contributed by atoms with E-state index in [1.54, 1.807) is 6.07 Å². The SMILES string of the molecule is CCCN(CCO)Cc1occc1C(=O)NN. The summed E-state index contributed by atoms with van der Waals surface area (Å²) in [6.45, 7) is 4.02. The first kappa shape index (κ1) is 13.7. The Hall–Kier alpha value is -1.37. The van der Waals surface area contributed by atoms with E-state index in [4.69, 9.17) is 15.4 Å². The van der Waals surface area contributed by atoms with E-state index in [1.165, 1.54) is 6.26 Å². The molecule has 0 spiro atoms. The molecule has 0 aliphatic rings. The number of amides is 1. The smallest absolute Gasteiger partial charge is 0.268 e. The molecule has 4 N–H and O–H groups in total. The summed E-state index contributed by atoms with van der Waals surface area (Å²) in [5, 5.41) is 8.95. The summed E-state index contributed by atoms with van der Waals surface area (Å²) in [4.78, 5) is 13.4. The van der Waals surface area contributed by atoms with Crippen molar-refractivity contribution in [2.24, 2.45) is 5.84 Å². The van der Waals surface area contributed by atoms with E-state index in [-0.39, 0.29) is 12.5 Å². The number of furan rings is 1. The largest absolute Gasteiger partial charge is 0.467 e. The van der Waals surface area contributed by atoms with Crippen molar-refractivity contribution in [1.29, 1.82) is 0 Å². The Morgan fingerprint density at radius 2 is 2.35 bits per heavy atom. The number of hydrazine groups is 1. The number of rotatable bonds is 7. The molecule has 96 valence electrons. The Balaban J connectivity index is 2.71. The molecule has 0 aliphatic carbocycles. The Kier molecular flexibility index (Phi) is 5.68. The van der Waals surface area contributed by atoms with Gasteiger partial charge in [-0.1, -0.05) is 6.92 Å². The van der Waals surface area contributed by atoms with Gasteiger partial charge in [0.1, 0.15) is 5.76 Å². The summed E-state index contributed by atoms with van der Waals surface area (Å²) in [5.41, 5.74) is 2.51. The molecule has 0 aliphatic heterocycles. The van der Waals surface area contributed by atoms with Gasteiger partial charge in [-0.15, -0.1) is 0 Å². The number of aliphatic hydroxyl groups is 1. The Labute approximate surface area is 100 Å². The van der Waals surface area contributed by atoms with Crippen molar-refractivity contribution in [3.05, 3.63) is 23.7 Å². The second-order valence-electron chi connectivity index (χ2n) is 3.73. The zero-order valence-electron chi connectivity index (χ0n) is 9.98. The minimum absolute atomic E-state index is 0.0825. The summed E-state index contributed by atoms with van der Waals surface area (Å²) in [5.74, 6) is 5.28. The maximum Gasteiger partial charge on any atom is 0.268 e. The lowest BCUT2D eigenvalue weighted by atomic mass is 10.2. The first-order valence-corrected chi connectivity index (χ1v) is 5.63. The second kappa shape index (κ2) is 7.05. The molecule has 1 rings (SSSR count). The van der Waals surface area contributed by atoms with Crippen LogP contribution in [0, 0.1) is 0 Å². The maximum atomic E-state index is 11.4. The van der Waals surface area contributed by atoms with Crippen molar-refractivity contribution < 1.29 is 14.3 Å². The average molecular weight is 241 g/mol. The molecular formula is C11H19N3O3. The molecule has 0 radical (unpaired) electrons. The van der Waals surface area contributed by atoms with Crippen LogP contribution in [-0.2, 0) is 6.54 Å². The number of aliphatic hydroxyl groups excluding tert-OH is 1. The molecule has 0 atom stereocenters. The molecule has 17 heavy (non-hydrogen) atoms. The molecule has 6 heteroatoms. The monoisotopic (exact) mass is 241 g/mol. The molecule has 0 unspecified atom stereocenters. The van der Waals surface area contributed by atoms with Gasteiger partial charge in [0.2, 0.25) is 0 Å². The standard InChI is InChI=1S/C11H19N3O3/c1-2-4-14(5-6-15)8-10-9(3-7-17-10)11(16)13-12/h3,7,15H,2,4-6,8,12H2,1H3,(H,13,16). The topological polar surface area (TPSA) is 91.7 Å². The summed E-state index contributed by atoms with van der Waals surface area (Å²) < 4.78 is 5.27. The molecule has 0 aromatic carbocycles. The van der Waals surface area contributed by atoms with Gasteiger partial charge in [-0.3, -0.25) is 15.1 Å². The molecule has 1 aromatic rings. The minimum Gasteiger partial charge on any atom is -0.467 e.